The number of hydrogen-bond acceptors (Lipinski definition) is 8. The molecule has 0 radical (unpaired) electrons. The van der Waals surface area contributed by atoms with Gasteiger partial charge in [-0.2, -0.15) is 11.8 Å². The molecule has 14 nitrogen and oxygen atoms in total. The van der Waals surface area contributed by atoms with Crippen molar-refractivity contribution < 1.29 is 29.1 Å². The number of guanidine groups is 1. The Morgan fingerprint density at radius 3 is 2.00 bits per heavy atom. The van der Waals surface area contributed by atoms with E-state index in [4.69, 9.17) is 22.9 Å². The van der Waals surface area contributed by atoms with Crippen molar-refractivity contribution in [2.75, 3.05) is 18.6 Å². The minimum Gasteiger partial charge on any atom is -0.480 e. The van der Waals surface area contributed by atoms with Gasteiger partial charge in [-0.1, -0.05) is 13.8 Å². The second-order valence-electron chi connectivity index (χ2n) is 8.53. The zero-order valence-corrected chi connectivity index (χ0v) is 21.8. The molecule has 0 bridgehead atoms. The van der Waals surface area contributed by atoms with E-state index in [2.05, 4.69) is 20.9 Å². The molecule has 0 aromatic carbocycles. The van der Waals surface area contributed by atoms with E-state index in [0.717, 1.165) is 0 Å². The number of carbonyl (C=O) groups excluding carboxylic acids is 4. The third-order valence-corrected chi connectivity index (χ3v) is 5.73. The first-order valence-electron chi connectivity index (χ1n) is 11.5. The number of hydrogen-bond donors (Lipinski definition) is 8. The average Bonchev–Trinajstić information content (AvgIpc) is 2.79. The van der Waals surface area contributed by atoms with Gasteiger partial charge < -0.3 is 44.0 Å². The molecular formula is C21H40N8O6S. The Labute approximate surface area is 215 Å². The van der Waals surface area contributed by atoms with Gasteiger partial charge in [0.1, 0.15) is 18.1 Å². The molecule has 36 heavy (non-hydrogen) atoms. The van der Waals surface area contributed by atoms with Gasteiger partial charge in [-0.25, -0.2) is 4.79 Å². The van der Waals surface area contributed by atoms with Crippen LogP contribution in [-0.2, 0) is 24.0 Å². The summed E-state index contributed by atoms with van der Waals surface area (Å²) >= 11 is 1.53. The van der Waals surface area contributed by atoms with Crippen LogP contribution in [0.25, 0.3) is 0 Å². The number of amides is 4. The Kier molecular flexibility index (Phi) is 15.9. The summed E-state index contributed by atoms with van der Waals surface area (Å²) in [6.45, 7) is 3.57. The maximum absolute atomic E-state index is 13.0. The van der Waals surface area contributed by atoms with Gasteiger partial charge in [0.15, 0.2) is 5.96 Å². The van der Waals surface area contributed by atoms with Gasteiger partial charge >= 0.3 is 5.97 Å². The molecular weight excluding hydrogens is 492 g/mol. The number of rotatable bonds is 18. The monoisotopic (exact) mass is 532 g/mol. The van der Waals surface area contributed by atoms with Crippen molar-refractivity contribution in [2.24, 2.45) is 33.8 Å². The summed E-state index contributed by atoms with van der Waals surface area (Å²) in [6.07, 6.45) is 2.19. The molecule has 4 atom stereocenters. The molecule has 206 valence electrons. The van der Waals surface area contributed by atoms with Gasteiger partial charge in [0.25, 0.3) is 0 Å². The van der Waals surface area contributed by atoms with E-state index in [9.17, 15) is 29.1 Å². The molecule has 0 aliphatic heterocycles. The van der Waals surface area contributed by atoms with Crippen molar-refractivity contribution >= 4 is 47.3 Å². The van der Waals surface area contributed by atoms with Crippen LogP contribution in [0.4, 0.5) is 0 Å². The van der Waals surface area contributed by atoms with Crippen LogP contribution < -0.4 is 38.9 Å². The van der Waals surface area contributed by atoms with Gasteiger partial charge in [-0.05, 0) is 43.6 Å². The summed E-state index contributed by atoms with van der Waals surface area (Å²) < 4.78 is 0. The first-order valence-corrected chi connectivity index (χ1v) is 12.9. The lowest BCUT2D eigenvalue weighted by atomic mass is 10.0. The second-order valence-corrected chi connectivity index (χ2v) is 9.52. The molecule has 0 heterocycles. The molecule has 0 spiro atoms. The zero-order chi connectivity index (χ0) is 27.8. The van der Waals surface area contributed by atoms with Crippen LogP contribution >= 0.6 is 11.8 Å². The summed E-state index contributed by atoms with van der Waals surface area (Å²) in [4.78, 5) is 65.0. The molecule has 0 aromatic heterocycles. The Morgan fingerprint density at radius 1 is 0.889 bits per heavy atom. The number of aliphatic imine (C=N–C) groups is 1. The highest BCUT2D eigenvalue weighted by molar-refractivity contribution is 7.98. The third kappa shape index (κ3) is 13.7. The Hall–Kier alpha value is -3.07. The molecule has 0 aliphatic rings. The Balaban J connectivity index is 5.44. The van der Waals surface area contributed by atoms with Gasteiger partial charge in [-0.3, -0.25) is 24.2 Å². The fraction of sp³-hybridized carbons (Fsp3) is 0.714. The van der Waals surface area contributed by atoms with Crippen LogP contribution in [0.2, 0.25) is 0 Å². The molecule has 0 saturated heterocycles. The van der Waals surface area contributed by atoms with Crippen molar-refractivity contribution in [2.45, 2.75) is 70.1 Å². The lowest BCUT2D eigenvalue weighted by molar-refractivity contribution is -0.142. The second kappa shape index (κ2) is 17.4. The van der Waals surface area contributed by atoms with Gasteiger partial charge in [0.05, 0.1) is 6.04 Å². The number of carboxylic acid groups (broad SMARTS) is 1. The minimum atomic E-state index is -1.29. The molecule has 12 N–H and O–H groups in total. The summed E-state index contributed by atoms with van der Waals surface area (Å²) in [5, 5.41) is 16.9. The number of aliphatic carboxylic acids is 1. The molecule has 15 heteroatoms. The van der Waals surface area contributed by atoms with Crippen molar-refractivity contribution in [3.05, 3.63) is 0 Å². The SMILES string of the molecule is CSCCC(N)C(=O)NC(C(=O)NC(CCC(N)=O)C(=O)NC(CCCN=C(N)N)C(=O)O)C(C)C. The molecule has 0 aliphatic carbocycles. The highest BCUT2D eigenvalue weighted by atomic mass is 32.2. The molecule has 0 saturated carbocycles. The van der Waals surface area contributed by atoms with Crippen LogP contribution in [0.3, 0.4) is 0 Å². The van der Waals surface area contributed by atoms with E-state index >= 15 is 0 Å². The van der Waals surface area contributed by atoms with Crippen LogP contribution in [-0.4, -0.2) is 83.4 Å². The minimum absolute atomic E-state index is 0.0208. The number of primary amides is 1. The number of nitrogens with zero attached hydrogens (tertiary/aromatic N) is 1. The topological polar surface area (TPSA) is 258 Å². The largest absolute Gasteiger partial charge is 0.480 e. The highest BCUT2D eigenvalue weighted by Crippen LogP contribution is 2.08. The number of carbonyl (C=O) groups is 5. The number of nitrogens with one attached hydrogen (secondary N) is 3. The third-order valence-electron chi connectivity index (χ3n) is 5.09. The maximum Gasteiger partial charge on any atom is 0.326 e. The van der Waals surface area contributed by atoms with E-state index < -0.39 is 53.8 Å². The van der Waals surface area contributed by atoms with Crippen LogP contribution in [0, 0.1) is 5.92 Å². The number of carboxylic acids is 1. The van der Waals surface area contributed by atoms with Crippen LogP contribution in [0.15, 0.2) is 4.99 Å². The smallest absolute Gasteiger partial charge is 0.326 e. The lowest BCUT2D eigenvalue weighted by Crippen LogP contribution is -2.58. The Morgan fingerprint density at radius 2 is 1.50 bits per heavy atom. The van der Waals surface area contributed by atoms with E-state index in [1.54, 1.807) is 13.8 Å². The summed E-state index contributed by atoms with van der Waals surface area (Å²) in [5.41, 5.74) is 21.5. The fourth-order valence-corrected chi connectivity index (χ4v) is 3.51. The highest BCUT2D eigenvalue weighted by Gasteiger charge is 2.31. The van der Waals surface area contributed by atoms with E-state index in [0.29, 0.717) is 12.2 Å². The molecule has 0 aromatic rings. The summed E-state index contributed by atoms with van der Waals surface area (Å²) in [5.74, 6) is -3.84. The standard InChI is InChI=1S/C21H40N8O6S/c1-11(2)16(29-17(31)12(22)8-10-36-3)19(33)27-13(6-7-15(23)30)18(32)28-14(20(34)35)5-4-9-26-21(24)25/h11-14,16H,4-10,22H2,1-3H3,(H2,23,30)(H,27,33)(H,28,32)(H,29,31)(H,34,35)(H4,24,25,26). The van der Waals surface area contributed by atoms with Crippen LogP contribution in [0.1, 0.15) is 46.0 Å². The fourth-order valence-electron chi connectivity index (χ4n) is 3.02. The van der Waals surface area contributed by atoms with Crippen molar-refractivity contribution in [3.8, 4) is 0 Å². The lowest BCUT2D eigenvalue weighted by Gasteiger charge is -2.27. The molecule has 4 amide bonds. The normalized spacial score (nSPS) is 14.1. The van der Waals surface area contributed by atoms with Crippen molar-refractivity contribution in [1.82, 2.24) is 16.0 Å². The van der Waals surface area contributed by atoms with Gasteiger partial charge in [0, 0.05) is 13.0 Å². The van der Waals surface area contributed by atoms with E-state index in [-0.39, 0.29) is 44.1 Å². The molecule has 4 unspecified atom stereocenters. The molecule has 0 rings (SSSR count). The van der Waals surface area contributed by atoms with E-state index in [1.807, 2.05) is 6.26 Å². The summed E-state index contributed by atoms with van der Waals surface area (Å²) in [6, 6.07) is -4.38. The zero-order valence-electron chi connectivity index (χ0n) is 21.0. The first-order chi connectivity index (χ1) is 16.8. The Bertz CT molecular complexity index is 790. The average molecular weight is 533 g/mol. The van der Waals surface area contributed by atoms with Crippen molar-refractivity contribution in [3.63, 3.8) is 0 Å². The van der Waals surface area contributed by atoms with Gasteiger partial charge in [-0.15, -0.1) is 0 Å². The predicted molar refractivity (Wildman–Crippen MR) is 138 cm³/mol. The first kappa shape index (κ1) is 32.9. The van der Waals surface area contributed by atoms with Crippen LogP contribution in [0.5, 0.6) is 0 Å². The van der Waals surface area contributed by atoms with Crippen molar-refractivity contribution in [1.29, 1.82) is 0 Å². The summed E-state index contributed by atoms with van der Waals surface area (Å²) in [7, 11) is 0. The maximum atomic E-state index is 13.0. The quantitative estimate of drug-likeness (QED) is 0.0526. The van der Waals surface area contributed by atoms with E-state index in [1.165, 1.54) is 11.8 Å². The number of nitrogens with two attached hydrogens (primary N) is 4. The van der Waals surface area contributed by atoms with Gasteiger partial charge in [0.2, 0.25) is 23.6 Å². The predicted octanol–water partition coefficient (Wildman–Crippen LogP) is -2.42. The number of thioether (sulfide) groups is 1. The molecule has 0 fully saturated rings.